The van der Waals surface area contributed by atoms with Crippen molar-refractivity contribution >= 4 is 23.2 Å². The van der Waals surface area contributed by atoms with E-state index in [-0.39, 0.29) is 23.7 Å². The zero-order valence-electron chi connectivity index (χ0n) is 13.6. The van der Waals surface area contributed by atoms with Crippen molar-refractivity contribution in [2.75, 3.05) is 12.1 Å². The van der Waals surface area contributed by atoms with E-state index in [0.717, 1.165) is 16.8 Å². The van der Waals surface area contributed by atoms with Crippen LogP contribution in [0, 0.1) is 6.92 Å². The Hall–Kier alpha value is -2.24. The number of nitrogens with zero attached hydrogens (tertiary/aromatic N) is 1. The number of hydrogen-bond acceptors (Lipinski definition) is 4. The first-order valence-electron chi connectivity index (χ1n) is 7.81. The molecule has 5 nitrogen and oxygen atoms in total. The normalized spacial score (nSPS) is 20.2. The van der Waals surface area contributed by atoms with Gasteiger partial charge in [-0.3, -0.25) is 9.80 Å². The minimum Gasteiger partial charge on any atom is -0.508 e. The van der Waals surface area contributed by atoms with Gasteiger partial charge in [-0.2, -0.15) is 0 Å². The zero-order chi connectivity index (χ0) is 17.3. The molecule has 1 aliphatic rings. The number of likely N-dealkylation sites (N-methyl/N-ethyl adjacent to an activating group) is 1. The number of benzene rings is 2. The van der Waals surface area contributed by atoms with Crippen molar-refractivity contribution in [1.82, 2.24) is 10.7 Å². The number of hydrogen-bond donors (Lipinski definition) is 3. The molecule has 24 heavy (non-hydrogen) atoms. The summed E-state index contributed by atoms with van der Waals surface area (Å²) in [4.78, 5) is 12.1. The Bertz CT molecular complexity index is 748. The molecule has 1 amide bonds. The summed E-state index contributed by atoms with van der Waals surface area (Å²) < 4.78 is 0. The van der Waals surface area contributed by atoms with Crippen LogP contribution < -0.4 is 15.8 Å². The number of aryl methyl sites for hydroxylation is 1. The van der Waals surface area contributed by atoms with E-state index in [9.17, 15) is 9.90 Å². The van der Waals surface area contributed by atoms with Crippen LogP contribution in [0.25, 0.3) is 0 Å². The van der Waals surface area contributed by atoms with Crippen molar-refractivity contribution in [3.8, 4) is 5.75 Å². The van der Waals surface area contributed by atoms with Gasteiger partial charge in [0.25, 0.3) is 0 Å². The third-order valence-electron chi connectivity index (χ3n) is 4.32. The molecule has 3 rings (SSSR count). The van der Waals surface area contributed by atoms with Crippen LogP contribution in [-0.2, 0) is 4.79 Å². The molecule has 2 aromatic rings. The minimum absolute atomic E-state index is 0.00666. The van der Waals surface area contributed by atoms with E-state index < -0.39 is 0 Å². The highest BCUT2D eigenvalue weighted by atomic mass is 35.5. The van der Waals surface area contributed by atoms with E-state index in [1.807, 2.05) is 42.3 Å². The van der Waals surface area contributed by atoms with Crippen LogP contribution in [0.1, 0.15) is 23.6 Å². The first-order valence-corrected chi connectivity index (χ1v) is 8.19. The number of aromatic hydroxyl groups is 1. The third kappa shape index (κ3) is 3.18. The number of carbonyl (C=O) groups excluding carboxylic acids is 1. The highest BCUT2D eigenvalue weighted by molar-refractivity contribution is 6.30. The van der Waals surface area contributed by atoms with Crippen LogP contribution in [0.15, 0.2) is 42.5 Å². The maximum absolute atomic E-state index is 12.1. The molecule has 1 heterocycles. The zero-order valence-corrected chi connectivity index (χ0v) is 14.3. The summed E-state index contributed by atoms with van der Waals surface area (Å²) >= 11 is 5.99. The molecule has 0 aliphatic carbocycles. The van der Waals surface area contributed by atoms with E-state index in [0.29, 0.717) is 11.4 Å². The number of rotatable bonds is 3. The predicted molar refractivity (Wildman–Crippen MR) is 95.1 cm³/mol. The maximum Gasteiger partial charge on any atom is 0.238 e. The molecule has 2 aromatic carbocycles. The Kier molecular flexibility index (Phi) is 4.64. The molecule has 6 heteroatoms. The monoisotopic (exact) mass is 345 g/mol. The largest absolute Gasteiger partial charge is 0.508 e. The van der Waals surface area contributed by atoms with E-state index in [1.54, 1.807) is 19.2 Å². The van der Waals surface area contributed by atoms with Crippen molar-refractivity contribution in [3.05, 3.63) is 58.6 Å². The average molecular weight is 346 g/mol. The van der Waals surface area contributed by atoms with Gasteiger partial charge in [0.2, 0.25) is 5.91 Å². The van der Waals surface area contributed by atoms with Gasteiger partial charge in [-0.15, -0.1) is 0 Å². The van der Waals surface area contributed by atoms with Gasteiger partial charge >= 0.3 is 0 Å². The number of phenols is 1. The molecular formula is C18H20ClN3O2. The second kappa shape index (κ2) is 6.71. The molecule has 2 atom stereocenters. The van der Waals surface area contributed by atoms with Gasteiger partial charge in [-0.25, -0.2) is 5.43 Å². The topological polar surface area (TPSA) is 64.6 Å². The highest BCUT2D eigenvalue weighted by Gasteiger charge is 2.37. The number of halogens is 1. The molecule has 0 bridgehead atoms. The molecule has 2 unspecified atom stereocenters. The third-order valence-corrected chi connectivity index (χ3v) is 4.58. The van der Waals surface area contributed by atoms with Crippen LogP contribution in [0.3, 0.4) is 0 Å². The molecule has 1 saturated heterocycles. The Labute approximate surface area is 146 Å². The smallest absolute Gasteiger partial charge is 0.238 e. The van der Waals surface area contributed by atoms with Gasteiger partial charge in [0.15, 0.2) is 0 Å². The van der Waals surface area contributed by atoms with Crippen LogP contribution in [0.5, 0.6) is 5.75 Å². The van der Waals surface area contributed by atoms with Gasteiger partial charge in [0.1, 0.15) is 11.8 Å². The number of amides is 1. The first kappa shape index (κ1) is 16.6. The molecule has 0 radical (unpaired) electrons. The van der Waals surface area contributed by atoms with Crippen molar-refractivity contribution in [2.24, 2.45) is 0 Å². The van der Waals surface area contributed by atoms with E-state index in [1.165, 1.54) is 0 Å². The average Bonchev–Trinajstić information content (AvgIpc) is 3.00. The number of carbonyl (C=O) groups is 1. The van der Waals surface area contributed by atoms with Crippen molar-refractivity contribution < 1.29 is 9.90 Å². The Morgan fingerprint density at radius 1 is 1.29 bits per heavy atom. The predicted octanol–water partition coefficient (Wildman–Crippen LogP) is 2.92. The van der Waals surface area contributed by atoms with Gasteiger partial charge in [-0.05, 0) is 54.8 Å². The highest BCUT2D eigenvalue weighted by Crippen LogP contribution is 2.37. The minimum atomic E-state index is -0.316. The number of anilines is 1. The lowest BCUT2D eigenvalue weighted by molar-refractivity contribution is -0.122. The van der Waals surface area contributed by atoms with Gasteiger partial charge in [0, 0.05) is 12.1 Å². The van der Waals surface area contributed by atoms with Crippen LogP contribution >= 0.6 is 11.6 Å². The van der Waals surface area contributed by atoms with Crippen LogP contribution in [-0.4, -0.2) is 24.1 Å². The summed E-state index contributed by atoms with van der Waals surface area (Å²) in [6.07, 6.45) is 0.640. The molecule has 0 saturated carbocycles. The SMILES string of the molecule is CNC(=O)C1CC(c2ccc(Cl)cc2)N(c2ccc(O)cc2C)N1. The van der Waals surface area contributed by atoms with Crippen LogP contribution in [0.2, 0.25) is 5.02 Å². The fourth-order valence-electron chi connectivity index (χ4n) is 3.10. The molecule has 0 aromatic heterocycles. The summed E-state index contributed by atoms with van der Waals surface area (Å²) in [5.74, 6) is 0.175. The lowest BCUT2D eigenvalue weighted by atomic mass is 10.00. The van der Waals surface area contributed by atoms with Gasteiger partial charge in [-0.1, -0.05) is 23.7 Å². The fourth-order valence-corrected chi connectivity index (χ4v) is 3.22. The summed E-state index contributed by atoms with van der Waals surface area (Å²) in [6.45, 7) is 1.93. The lowest BCUT2D eigenvalue weighted by Crippen LogP contribution is -2.44. The Balaban J connectivity index is 1.99. The summed E-state index contributed by atoms with van der Waals surface area (Å²) in [7, 11) is 1.63. The Morgan fingerprint density at radius 2 is 2.00 bits per heavy atom. The number of nitrogens with one attached hydrogen (secondary N) is 2. The fraction of sp³-hybridized carbons (Fsp3) is 0.278. The van der Waals surface area contributed by atoms with Crippen LogP contribution in [0.4, 0.5) is 5.69 Å². The molecule has 1 aliphatic heterocycles. The first-order chi connectivity index (χ1) is 11.5. The van der Waals surface area contributed by atoms with Crippen molar-refractivity contribution in [1.29, 1.82) is 0 Å². The number of phenolic OH excluding ortho intramolecular Hbond substituents is 1. The summed E-state index contributed by atoms with van der Waals surface area (Å²) in [5.41, 5.74) is 6.22. The van der Waals surface area contributed by atoms with E-state index >= 15 is 0 Å². The van der Waals surface area contributed by atoms with Crippen molar-refractivity contribution in [3.63, 3.8) is 0 Å². The van der Waals surface area contributed by atoms with Gasteiger partial charge in [0.05, 0.1) is 11.7 Å². The van der Waals surface area contributed by atoms with Gasteiger partial charge < -0.3 is 10.4 Å². The second-order valence-corrected chi connectivity index (χ2v) is 6.38. The molecule has 126 valence electrons. The summed E-state index contributed by atoms with van der Waals surface area (Å²) in [5, 5.41) is 15.0. The lowest BCUT2D eigenvalue weighted by Gasteiger charge is -2.28. The standard InChI is InChI=1S/C18H20ClN3O2/c1-11-9-14(23)7-8-16(11)22-17(10-15(21-22)18(24)20-2)12-3-5-13(19)6-4-12/h3-9,15,17,21,23H,10H2,1-2H3,(H,20,24). The Morgan fingerprint density at radius 3 is 2.62 bits per heavy atom. The molecule has 1 fully saturated rings. The number of hydrazine groups is 1. The molecular weight excluding hydrogens is 326 g/mol. The van der Waals surface area contributed by atoms with E-state index in [4.69, 9.17) is 11.6 Å². The second-order valence-electron chi connectivity index (χ2n) is 5.94. The summed E-state index contributed by atoms with van der Waals surface area (Å²) in [6, 6.07) is 12.5. The molecule has 3 N–H and O–H groups in total. The van der Waals surface area contributed by atoms with E-state index in [2.05, 4.69) is 10.7 Å². The van der Waals surface area contributed by atoms with Crippen molar-refractivity contribution in [2.45, 2.75) is 25.4 Å². The maximum atomic E-state index is 12.1. The molecule has 0 spiro atoms. The quantitative estimate of drug-likeness (QED) is 0.800.